The predicted octanol–water partition coefficient (Wildman–Crippen LogP) is 3.51. The van der Waals surface area contributed by atoms with E-state index in [9.17, 15) is 13.2 Å². The lowest BCUT2D eigenvalue weighted by atomic mass is 9.96. The first-order valence-electron chi connectivity index (χ1n) is 6.03. The van der Waals surface area contributed by atoms with Crippen molar-refractivity contribution < 1.29 is 13.2 Å². The zero-order valence-corrected chi connectivity index (χ0v) is 12.1. The Morgan fingerprint density at radius 1 is 1.37 bits per heavy atom. The number of alkyl halides is 3. The maximum absolute atomic E-state index is 12.6. The largest absolute Gasteiger partial charge is 0.397 e. The van der Waals surface area contributed by atoms with Crippen molar-refractivity contribution in [3.63, 3.8) is 0 Å². The van der Waals surface area contributed by atoms with Gasteiger partial charge in [-0.25, -0.2) is 4.98 Å². The monoisotopic (exact) mass is 337 g/mol. The molecule has 0 aromatic carbocycles. The van der Waals surface area contributed by atoms with Crippen LogP contribution in [0, 0.1) is 12.8 Å². The molecule has 2 rings (SSSR count). The molecule has 0 atom stereocenters. The van der Waals surface area contributed by atoms with Gasteiger partial charge in [0.2, 0.25) is 0 Å². The van der Waals surface area contributed by atoms with Crippen LogP contribution in [0.15, 0.2) is 10.7 Å². The number of rotatable bonds is 1. The highest BCUT2D eigenvalue weighted by Crippen LogP contribution is 2.37. The molecule has 1 aliphatic heterocycles. The highest BCUT2D eigenvalue weighted by molar-refractivity contribution is 9.10. The fourth-order valence-electron chi connectivity index (χ4n) is 2.22. The molecular formula is C12H15BrF3N3. The van der Waals surface area contributed by atoms with E-state index >= 15 is 0 Å². The molecule has 2 N–H and O–H groups in total. The van der Waals surface area contributed by atoms with Gasteiger partial charge in [-0.1, -0.05) is 0 Å². The number of pyridine rings is 1. The zero-order valence-electron chi connectivity index (χ0n) is 10.5. The lowest BCUT2D eigenvalue weighted by molar-refractivity contribution is -0.179. The van der Waals surface area contributed by atoms with Crippen molar-refractivity contribution in [2.24, 2.45) is 5.92 Å². The molecule has 1 aromatic rings. The third kappa shape index (κ3) is 2.96. The Bertz CT molecular complexity index is 468. The van der Waals surface area contributed by atoms with E-state index in [4.69, 9.17) is 5.73 Å². The number of nitrogens with zero attached hydrogens (tertiary/aromatic N) is 2. The smallest absolute Gasteiger partial charge is 0.391 e. The topological polar surface area (TPSA) is 42.1 Å². The Balaban J connectivity index is 2.12. The molecule has 0 bridgehead atoms. The van der Waals surface area contributed by atoms with Crippen molar-refractivity contribution >= 4 is 27.4 Å². The predicted molar refractivity (Wildman–Crippen MR) is 72.1 cm³/mol. The molecule has 1 aromatic heterocycles. The number of hydrogen-bond acceptors (Lipinski definition) is 3. The van der Waals surface area contributed by atoms with Gasteiger partial charge in [-0.3, -0.25) is 0 Å². The van der Waals surface area contributed by atoms with E-state index in [1.54, 1.807) is 6.20 Å². The first-order chi connectivity index (χ1) is 8.80. The molecule has 0 unspecified atom stereocenters. The molecule has 106 valence electrons. The molecule has 2 heterocycles. The van der Waals surface area contributed by atoms with E-state index in [-0.39, 0.29) is 12.8 Å². The Hall–Kier alpha value is -0.980. The van der Waals surface area contributed by atoms with Gasteiger partial charge in [0.1, 0.15) is 5.82 Å². The lowest BCUT2D eigenvalue weighted by Gasteiger charge is -2.34. The number of halogens is 4. The molecular weight excluding hydrogens is 323 g/mol. The average molecular weight is 338 g/mol. The highest BCUT2D eigenvalue weighted by Gasteiger charge is 2.41. The number of nitrogen functional groups attached to an aromatic ring is 1. The quantitative estimate of drug-likeness (QED) is 0.852. The van der Waals surface area contributed by atoms with Crippen LogP contribution in [0.5, 0.6) is 0 Å². The third-order valence-electron chi connectivity index (χ3n) is 3.54. The van der Waals surface area contributed by atoms with Gasteiger partial charge < -0.3 is 10.6 Å². The summed E-state index contributed by atoms with van der Waals surface area (Å²) in [5.41, 5.74) is 7.17. The Morgan fingerprint density at radius 2 is 1.95 bits per heavy atom. The van der Waals surface area contributed by atoms with E-state index in [1.807, 2.05) is 11.8 Å². The van der Waals surface area contributed by atoms with Gasteiger partial charge in [-0.15, -0.1) is 0 Å². The normalized spacial score (nSPS) is 17.8. The number of piperidine rings is 1. The fraction of sp³-hybridized carbons (Fsp3) is 0.583. The van der Waals surface area contributed by atoms with E-state index in [0.29, 0.717) is 24.6 Å². The minimum absolute atomic E-state index is 0.112. The van der Waals surface area contributed by atoms with Crippen molar-refractivity contribution in [1.82, 2.24) is 4.98 Å². The molecule has 0 radical (unpaired) electrons. The van der Waals surface area contributed by atoms with Crippen LogP contribution < -0.4 is 10.6 Å². The summed E-state index contributed by atoms with van der Waals surface area (Å²) in [5.74, 6) is -0.523. The summed E-state index contributed by atoms with van der Waals surface area (Å²) in [5, 5.41) is 0. The van der Waals surface area contributed by atoms with Crippen LogP contribution in [-0.2, 0) is 0 Å². The maximum atomic E-state index is 12.6. The summed E-state index contributed by atoms with van der Waals surface area (Å²) < 4.78 is 38.6. The maximum Gasteiger partial charge on any atom is 0.391 e. The van der Waals surface area contributed by atoms with Gasteiger partial charge in [-0.2, -0.15) is 13.2 Å². The number of nitrogens with two attached hydrogens (primary N) is 1. The number of anilines is 2. The van der Waals surface area contributed by atoms with E-state index in [0.717, 1.165) is 10.0 Å². The van der Waals surface area contributed by atoms with Gasteiger partial charge in [0, 0.05) is 13.1 Å². The third-order valence-corrected chi connectivity index (χ3v) is 4.49. The number of aromatic nitrogens is 1. The molecule has 19 heavy (non-hydrogen) atoms. The average Bonchev–Trinajstić information content (AvgIpc) is 2.35. The summed E-state index contributed by atoms with van der Waals surface area (Å²) in [6.07, 6.45) is -2.32. The summed E-state index contributed by atoms with van der Waals surface area (Å²) in [7, 11) is 0. The molecule has 0 saturated carbocycles. The molecule has 1 aliphatic rings. The van der Waals surface area contributed by atoms with E-state index in [1.165, 1.54) is 0 Å². The van der Waals surface area contributed by atoms with Crippen LogP contribution in [0.2, 0.25) is 0 Å². The van der Waals surface area contributed by atoms with Crippen LogP contribution in [-0.4, -0.2) is 24.2 Å². The van der Waals surface area contributed by atoms with E-state index < -0.39 is 12.1 Å². The standard InChI is InChI=1S/C12H15BrF3N3/c1-7-9(17)6-18-11(10(7)13)19-4-2-8(3-5-19)12(14,15)16/h6,8H,2-5,17H2,1H3. The fourth-order valence-corrected chi connectivity index (χ4v) is 2.80. The SMILES string of the molecule is Cc1c(N)cnc(N2CCC(C(F)(F)F)CC2)c1Br. The van der Waals surface area contributed by atoms with E-state index in [2.05, 4.69) is 20.9 Å². The lowest BCUT2D eigenvalue weighted by Crippen LogP contribution is -2.39. The molecule has 0 aliphatic carbocycles. The van der Waals surface area contributed by atoms with Gasteiger partial charge in [0.25, 0.3) is 0 Å². The van der Waals surface area contributed by atoms with Gasteiger partial charge >= 0.3 is 6.18 Å². The zero-order chi connectivity index (χ0) is 14.2. The van der Waals surface area contributed by atoms with Crippen molar-refractivity contribution in [3.8, 4) is 0 Å². The van der Waals surface area contributed by atoms with Gasteiger partial charge in [-0.05, 0) is 41.3 Å². The summed E-state index contributed by atoms with van der Waals surface area (Å²) in [6, 6.07) is 0. The molecule has 0 amide bonds. The molecule has 1 saturated heterocycles. The van der Waals surface area contributed by atoms with Crippen LogP contribution in [0.4, 0.5) is 24.7 Å². The highest BCUT2D eigenvalue weighted by atomic mass is 79.9. The molecule has 0 spiro atoms. The second-order valence-corrected chi connectivity index (χ2v) is 5.57. The minimum Gasteiger partial charge on any atom is -0.397 e. The van der Waals surface area contributed by atoms with Crippen LogP contribution in [0.1, 0.15) is 18.4 Å². The molecule has 1 fully saturated rings. The van der Waals surface area contributed by atoms with Crippen molar-refractivity contribution in [1.29, 1.82) is 0 Å². The minimum atomic E-state index is -4.09. The number of hydrogen-bond donors (Lipinski definition) is 1. The van der Waals surface area contributed by atoms with Crippen LogP contribution in [0.25, 0.3) is 0 Å². The first kappa shape index (κ1) is 14.4. The summed E-state index contributed by atoms with van der Waals surface area (Å²) in [6.45, 7) is 2.57. The van der Waals surface area contributed by atoms with Crippen LogP contribution in [0.3, 0.4) is 0 Å². The second-order valence-electron chi connectivity index (χ2n) is 4.78. The van der Waals surface area contributed by atoms with Gasteiger partial charge in [0.05, 0.1) is 22.3 Å². The summed E-state index contributed by atoms with van der Waals surface area (Å²) in [4.78, 5) is 6.10. The first-order valence-corrected chi connectivity index (χ1v) is 6.82. The molecule has 7 heteroatoms. The molecule has 3 nitrogen and oxygen atoms in total. The summed E-state index contributed by atoms with van der Waals surface area (Å²) >= 11 is 3.41. The Morgan fingerprint density at radius 3 is 2.47 bits per heavy atom. The van der Waals surface area contributed by atoms with Crippen molar-refractivity contribution in [3.05, 3.63) is 16.2 Å². The van der Waals surface area contributed by atoms with Crippen LogP contribution >= 0.6 is 15.9 Å². The Labute approximate surface area is 118 Å². The van der Waals surface area contributed by atoms with Crippen molar-refractivity contribution in [2.75, 3.05) is 23.7 Å². The van der Waals surface area contributed by atoms with Gasteiger partial charge in [0.15, 0.2) is 0 Å². The second kappa shape index (κ2) is 5.19. The van der Waals surface area contributed by atoms with Crippen molar-refractivity contribution in [2.45, 2.75) is 25.9 Å². The Kier molecular flexibility index (Phi) is 3.94.